The Kier molecular flexibility index (Phi) is 7.79. The Labute approximate surface area is 241 Å². The van der Waals surface area contributed by atoms with Crippen molar-refractivity contribution in [2.45, 2.75) is 77.4 Å². The second-order valence-corrected chi connectivity index (χ2v) is 13.0. The van der Waals surface area contributed by atoms with Crippen LogP contribution in [0.4, 0.5) is 0 Å². The van der Waals surface area contributed by atoms with Gasteiger partial charge in [0.2, 0.25) is 0 Å². The third kappa shape index (κ3) is 5.80. The highest BCUT2D eigenvalue weighted by molar-refractivity contribution is 6.47. The Balaban J connectivity index is 1.47. The lowest BCUT2D eigenvalue weighted by atomic mass is 9.69. The minimum Gasteiger partial charge on any atom is -0.481 e. The molecule has 0 unspecified atom stereocenters. The van der Waals surface area contributed by atoms with Crippen LogP contribution in [0.3, 0.4) is 0 Å². The molecular formula is C32H38ClN3O4. The number of nitrogens with one attached hydrogen (secondary N) is 1. The van der Waals surface area contributed by atoms with Crippen molar-refractivity contribution in [1.29, 1.82) is 0 Å². The summed E-state index contributed by atoms with van der Waals surface area (Å²) >= 11 is 6.32. The van der Waals surface area contributed by atoms with Gasteiger partial charge in [-0.1, -0.05) is 56.6 Å². The molecule has 2 aliphatic carbocycles. The van der Waals surface area contributed by atoms with Crippen molar-refractivity contribution in [3.05, 3.63) is 70.2 Å². The number of hydrogen-bond acceptors (Lipinski definition) is 4. The van der Waals surface area contributed by atoms with Gasteiger partial charge in [0.05, 0.1) is 12.5 Å². The Morgan fingerprint density at radius 3 is 2.35 bits per heavy atom. The highest BCUT2D eigenvalue weighted by Crippen LogP contribution is 2.54. The summed E-state index contributed by atoms with van der Waals surface area (Å²) in [6.07, 6.45) is 5.60. The van der Waals surface area contributed by atoms with E-state index in [1.807, 2.05) is 30.3 Å². The lowest BCUT2D eigenvalue weighted by molar-refractivity contribution is -0.137. The van der Waals surface area contributed by atoms with Gasteiger partial charge in [-0.15, -0.1) is 0 Å². The van der Waals surface area contributed by atoms with Gasteiger partial charge >= 0.3 is 5.97 Å². The molecule has 1 spiro atoms. The number of nitrogens with zero attached hydrogens (tertiary/aromatic N) is 2. The Morgan fingerprint density at radius 2 is 1.77 bits per heavy atom. The van der Waals surface area contributed by atoms with Crippen molar-refractivity contribution in [3.8, 4) is 0 Å². The van der Waals surface area contributed by atoms with Crippen molar-refractivity contribution in [1.82, 2.24) is 10.2 Å². The number of hydrogen-bond donors (Lipinski definition) is 2. The number of amides is 2. The van der Waals surface area contributed by atoms with E-state index in [0.717, 1.165) is 49.7 Å². The van der Waals surface area contributed by atoms with Crippen LogP contribution in [0, 0.1) is 17.3 Å². The molecule has 3 aliphatic rings. The molecular weight excluding hydrogens is 526 g/mol. The molecule has 212 valence electrons. The maximum Gasteiger partial charge on any atom is 0.305 e. The summed E-state index contributed by atoms with van der Waals surface area (Å²) in [5, 5.41) is 12.1. The molecule has 1 heterocycles. The molecule has 1 atom stereocenters. The first-order valence-corrected chi connectivity index (χ1v) is 14.7. The fourth-order valence-corrected chi connectivity index (χ4v) is 6.57. The fourth-order valence-electron chi connectivity index (χ4n) is 6.38. The summed E-state index contributed by atoms with van der Waals surface area (Å²) in [6, 6.07) is 14.7. The maximum absolute atomic E-state index is 14.3. The number of benzene rings is 2. The van der Waals surface area contributed by atoms with Crippen LogP contribution in [0.2, 0.25) is 5.02 Å². The number of aliphatic carboxylic acids is 1. The number of carboxylic acids is 1. The summed E-state index contributed by atoms with van der Waals surface area (Å²) in [5.41, 5.74) is 2.30. The smallest absolute Gasteiger partial charge is 0.305 e. The van der Waals surface area contributed by atoms with E-state index in [9.17, 15) is 14.4 Å². The van der Waals surface area contributed by atoms with Gasteiger partial charge in [0.15, 0.2) is 0 Å². The number of halogens is 1. The zero-order chi connectivity index (χ0) is 28.7. The van der Waals surface area contributed by atoms with Crippen LogP contribution in [0.1, 0.15) is 93.2 Å². The average Bonchev–Trinajstić information content (AvgIpc) is 3.71. The monoisotopic (exact) mass is 563 g/mol. The van der Waals surface area contributed by atoms with E-state index in [0.29, 0.717) is 28.1 Å². The second-order valence-electron chi connectivity index (χ2n) is 12.6. The predicted octanol–water partition coefficient (Wildman–Crippen LogP) is 6.26. The molecule has 2 N–H and O–H groups in total. The van der Waals surface area contributed by atoms with Crippen LogP contribution in [0.15, 0.2) is 53.5 Å². The second kappa shape index (κ2) is 11.0. The van der Waals surface area contributed by atoms with Crippen molar-refractivity contribution in [2.24, 2.45) is 22.2 Å². The van der Waals surface area contributed by atoms with Crippen LogP contribution in [-0.2, 0) is 9.59 Å². The Hall–Kier alpha value is -3.19. The van der Waals surface area contributed by atoms with E-state index in [2.05, 4.69) is 31.0 Å². The molecule has 2 amide bonds. The number of carbonyl (C=O) groups excluding carboxylic acids is 2. The zero-order valence-electron chi connectivity index (χ0n) is 23.5. The molecule has 8 heteroatoms. The van der Waals surface area contributed by atoms with Crippen LogP contribution >= 0.6 is 11.6 Å². The minimum absolute atomic E-state index is 0.0520. The third-order valence-corrected chi connectivity index (χ3v) is 9.02. The van der Waals surface area contributed by atoms with Crippen molar-refractivity contribution < 1.29 is 19.5 Å². The fraction of sp³-hybridized carbons (Fsp3) is 0.500. The normalized spacial score (nSPS) is 23.7. The molecule has 2 aromatic rings. The van der Waals surface area contributed by atoms with Crippen molar-refractivity contribution in [3.63, 3.8) is 0 Å². The largest absolute Gasteiger partial charge is 0.481 e. The van der Waals surface area contributed by atoms with E-state index >= 15 is 0 Å². The van der Waals surface area contributed by atoms with Crippen molar-refractivity contribution >= 4 is 35.1 Å². The number of carboxylic acid groups (broad SMARTS) is 1. The molecule has 5 rings (SSSR count). The van der Waals surface area contributed by atoms with Gasteiger partial charge in [0, 0.05) is 22.7 Å². The molecule has 7 nitrogen and oxygen atoms in total. The average molecular weight is 564 g/mol. The van der Waals surface area contributed by atoms with E-state index in [4.69, 9.17) is 21.7 Å². The number of carbonyl (C=O) groups is 3. The zero-order valence-corrected chi connectivity index (χ0v) is 24.2. The topological polar surface area (TPSA) is 99.1 Å². The molecule has 0 saturated heterocycles. The molecule has 2 aromatic carbocycles. The Bertz CT molecular complexity index is 1320. The minimum atomic E-state index is -0.956. The van der Waals surface area contributed by atoms with Gasteiger partial charge in [-0.05, 0) is 85.6 Å². The number of aliphatic imine (C=N–C) groups is 1. The lowest BCUT2D eigenvalue weighted by Gasteiger charge is -2.47. The highest BCUT2D eigenvalue weighted by Gasteiger charge is 2.55. The molecule has 0 bridgehead atoms. The highest BCUT2D eigenvalue weighted by atomic mass is 35.5. The standard InChI is InChI=1S/C32H38ClN3O4/c1-31(2,3)24-13-16-32(17-14-24)35-27(23-5-4-6-25(33)19-23)30(40)36(32)28(20-7-8-20)21-9-11-22(12-10-21)29(39)34-18-15-26(37)38/h4-6,9-12,19-20,24,28H,7-8,13-18H2,1-3H3,(H,34,39)(H,37,38)/t24?,28-,32?/m1/s1. The van der Waals surface area contributed by atoms with E-state index in [1.165, 1.54) is 0 Å². The molecule has 0 aromatic heterocycles. The van der Waals surface area contributed by atoms with E-state index < -0.39 is 11.6 Å². The summed E-state index contributed by atoms with van der Waals surface area (Å²) in [5.74, 6) is -0.410. The van der Waals surface area contributed by atoms with E-state index in [1.54, 1.807) is 18.2 Å². The third-order valence-electron chi connectivity index (χ3n) is 8.78. The van der Waals surface area contributed by atoms with Crippen LogP contribution in [-0.4, -0.2) is 45.7 Å². The Morgan fingerprint density at radius 1 is 1.10 bits per heavy atom. The van der Waals surface area contributed by atoms with Crippen LogP contribution in [0.25, 0.3) is 0 Å². The lowest BCUT2D eigenvalue weighted by Crippen LogP contribution is -2.52. The molecule has 2 fully saturated rings. The van der Waals surface area contributed by atoms with E-state index in [-0.39, 0.29) is 36.2 Å². The molecule has 0 radical (unpaired) electrons. The van der Waals surface area contributed by atoms with Gasteiger partial charge in [-0.2, -0.15) is 0 Å². The molecule has 2 saturated carbocycles. The van der Waals surface area contributed by atoms with Gasteiger partial charge in [0.1, 0.15) is 11.4 Å². The summed E-state index contributed by atoms with van der Waals surface area (Å²) < 4.78 is 0. The maximum atomic E-state index is 14.3. The SMILES string of the molecule is CC(C)(C)C1CCC2(CC1)N=C(c1cccc(Cl)c1)C(=O)N2[C@@H](c1ccc(C(=O)NCCC(=O)O)cc1)C1CC1. The van der Waals surface area contributed by atoms with Crippen LogP contribution < -0.4 is 5.32 Å². The summed E-state index contributed by atoms with van der Waals surface area (Å²) in [6.45, 7) is 6.95. The van der Waals surface area contributed by atoms with Crippen molar-refractivity contribution in [2.75, 3.05) is 6.54 Å². The summed E-state index contributed by atoms with van der Waals surface area (Å²) in [7, 11) is 0. The van der Waals surface area contributed by atoms with Gasteiger partial charge in [-0.3, -0.25) is 19.4 Å². The summed E-state index contributed by atoms with van der Waals surface area (Å²) in [4.78, 5) is 44.9. The quantitative estimate of drug-likeness (QED) is 0.396. The molecule has 1 aliphatic heterocycles. The first-order valence-electron chi connectivity index (χ1n) is 14.3. The predicted molar refractivity (Wildman–Crippen MR) is 155 cm³/mol. The number of rotatable bonds is 8. The first kappa shape index (κ1) is 28.3. The van der Waals surface area contributed by atoms with Gasteiger partial charge < -0.3 is 15.3 Å². The first-order chi connectivity index (χ1) is 19.0. The molecule has 40 heavy (non-hydrogen) atoms. The van der Waals surface area contributed by atoms with Crippen LogP contribution in [0.5, 0.6) is 0 Å². The van der Waals surface area contributed by atoms with Gasteiger partial charge in [-0.25, -0.2) is 0 Å². The van der Waals surface area contributed by atoms with Gasteiger partial charge in [0.25, 0.3) is 11.8 Å².